The summed E-state index contributed by atoms with van der Waals surface area (Å²) in [7, 11) is 1.25. The highest BCUT2D eigenvalue weighted by Crippen LogP contribution is 2.50. The second-order valence-corrected chi connectivity index (χ2v) is 11.6. The predicted octanol–water partition coefficient (Wildman–Crippen LogP) is 6.53. The summed E-state index contributed by atoms with van der Waals surface area (Å²) in [5.41, 5.74) is 4.38. The van der Waals surface area contributed by atoms with Gasteiger partial charge in [0.2, 0.25) is 0 Å². The van der Waals surface area contributed by atoms with Crippen LogP contribution < -0.4 is 14.2 Å². The van der Waals surface area contributed by atoms with Crippen LogP contribution in [0, 0.1) is 0 Å². The van der Waals surface area contributed by atoms with Gasteiger partial charge in [0.05, 0.1) is 45.5 Å². The number of hydrogen-bond acceptors (Lipinski definition) is 10. The van der Waals surface area contributed by atoms with E-state index < -0.39 is 23.9 Å². The molecular weight excluding hydrogens is 616 g/mol. The van der Waals surface area contributed by atoms with Crippen LogP contribution in [0.3, 0.4) is 0 Å². The fraction of sp³-hybridized carbons (Fsp3) is 0.316. The minimum atomic E-state index is -0.612. The van der Waals surface area contributed by atoms with E-state index in [1.165, 1.54) is 7.11 Å². The van der Waals surface area contributed by atoms with Crippen molar-refractivity contribution in [2.75, 3.05) is 33.5 Å². The first kappa shape index (κ1) is 35.5. The Balaban J connectivity index is 1.27. The third-order valence-electron chi connectivity index (χ3n) is 7.80. The zero-order valence-corrected chi connectivity index (χ0v) is 27.5. The van der Waals surface area contributed by atoms with Crippen LogP contribution in [-0.2, 0) is 34.0 Å². The molecule has 0 fully saturated rings. The Kier molecular flexibility index (Phi) is 12.2. The second-order valence-electron chi connectivity index (χ2n) is 11.6. The smallest absolute Gasteiger partial charge is 0.343 e. The summed E-state index contributed by atoms with van der Waals surface area (Å²) in [6, 6.07) is 18.3. The third-order valence-corrected chi connectivity index (χ3v) is 7.80. The van der Waals surface area contributed by atoms with Crippen LogP contribution in [0.5, 0.6) is 17.2 Å². The number of ether oxygens (including phenoxy) is 6. The summed E-state index contributed by atoms with van der Waals surface area (Å²) in [6.45, 7) is 12.4. The molecule has 10 heteroatoms. The van der Waals surface area contributed by atoms with E-state index in [0.717, 1.165) is 34.1 Å². The average molecular weight is 657 g/mol. The topological polar surface area (TPSA) is 124 Å². The SMILES string of the molecule is C=CC(=O)OCCCOc1ccc(C(=O)Oc2ccc3c(c2)C(C)(C)c2cc(OCCCCOC(=O)C(=C)CC(=O)OC)ccc2-3)cc1. The molecule has 0 bridgehead atoms. The summed E-state index contributed by atoms with van der Waals surface area (Å²) < 4.78 is 32.0. The van der Waals surface area contributed by atoms with E-state index >= 15 is 0 Å². The molecule has 0 radical (unpaired) electrons. The van der Waals surface area contributed by atoms with E-state index in [1.807, 2.05) is 30.3 Å². The van der Waals surface area contributed by atoms with Gasteiger partial charge in [-0.05, 0) is 83.6 Å². The quantitative estimate of drug-likeness (QED) is 0.0521. The summed E-state index contributed by atoms with van der Waals surface area (Å²) in [5, 5.41) is 0. The fourth-order valence-corrected chi connectivity index (χ4v) is 5.16. The first-order chi connectivity index (χ1) is 23.0. The first-order valence-corrected chi connectivity index (χ1v) is 15.6. The minimum Gasteiger partial charge on any atom is -0.494 e. The van der Waals surface area contributed by atoms with Crippen molar-refractivity contribution in [1.82, 2.24) is 0 Å². The molecule has 0 unspecified atom stereocenters. The molecule has 0 saturated carbocycles. The molecule has 0 heterocycles. The van der Waals surface area contributed by atoms with Crippen LogP contribution >= 0.6 is 0 Å². The number of benzene rings is 3. The zero-order chi connectivity index (χ0) is 34.7. The lowest BCUT2D eigenvalue weighted by atomic mass is 9.82. The van der Waals surface area contributed by atoms with Crippen molar-refractivity contribution in [2.24, 2.45) is 0 Å². The van der Waals surface area contributed by atoms with Crippen molar-refractivity contribution in [1.29, 1.82) is 0 Å². The highest BCUT2D eigenvalue weighted by Gasteiger charge is 2.36. The summed E-state index contributed by atoms with van der Waals surface area (Å²) in [5.74, 6) is -0.349. The Morgan fingerprint density at radius 2 is 1.29 bits per heavy atom. The Morgan fingerprint density at radius 3 is 1.96 bits per heavy atom. The molecular formula is C38H40O10. The monoisotopic (exact) mass is 656 g/mol. The fourth-order valence-electron chi connectivity index (χ4n) is 5.16. The third kappa shape index (κ3) is 9.12. The maximum absolute atomic E-state index is 12.9. The van der Waals surface area contributed by atoms with Gasteiger partial charge in [0.15, 0.2) is 0 Å². The van der Waals surface area contributed by atoms with Crippen molar-refractivity contribution >= 4 is 23.9 Å². The molecule has 1 aliphatic rings. The Morgan fingerprint density at radius 1 is 0.729 bits per heavy atom. The number of carbonyl (C=O) groups excluding carboxylic acids is 4. The van der Waals surface area contributed by atoms with Crippen LogP contribution in [0.25, 0.3) is 11.1 Å². The molecule has 3 aromatic rings. The van der Waals surface area contributed by atoms with Gasteiger partial charge in [0, 0.05) is 23.5 Å². The molecule has 0 spiro atoms. The van der Waals surface area contributed by atoms with Gasteiger partial charge in [-0.15, -0.1) is 0 Å². The van der Waals surface area contributed by atoms with E-state index in [0.29, 0.717) is 49.5 Å². The molecule has 0 saturated heterocycles. The maximum atomic E-state index is 12.9. The second kappa shape index (κ2) is 16.4. The van der Waals surface area contributed by atoms with Gasteiger partial charge >= 0.3 is 23.9 Å². The lowest BCUT2D eigenvalue weighted by Crippen LogP contribution is -2.16. The average Bonchev–Trinajstić information content (AvgIpc) is 3.30. The number of unbranched alkanes of at least 4 members (excludes halogenated alkanes) is 1. The highest BCUT2D eigenvalue weighted by atomic mass is 16.5. The molecule has 0 N–H and O–H groups in total. The zero-order valence-electron chi connectivity index (χ0n) is 27.5. The number of esters is 4. The Bertz CT molecular complexity index is 1670. The molecule has 48 heavy (non-hydrogen) atoms. The molecule has 0 aromatic heterocycles. The first-order valence-electron chi connectivity index (χ1n) is 15.6. The molecule has 0 atom stereocenters. The molecule has 1 aliphatic carbocycles. The molecule has 3 aromatic carbocycles. The number of methoxy groups -OCH3 is 1. The predicted molar refractivity (Wildman–Crippen MR) is 178 cm³/mol. The summed E-state index contributed by atoms with van der Waals surface area (Å²) in [6.07, 6.45) is 2.69. The van der Waals surface area contributed by atoms with Gasteiger partial charge < -0.3 is 28.4 Å². The van der Waals surface area contributed by atoms with E-state index in [2.05, 4.69) is 31.7 Å². The summed E-state index contributed by atoms with van der Waals surface area (Å²) in [4.78, 5) is 47.2. The van der Waals surface area contributed by atoms with E-state index in [9.17, 15) is 19.2 Å². The highest BCUT2D eigenvalue weighted by molar-refractivity contribution is 5.93. The molecule has 252 valence electrons. The van der Waals surface area contributed by atoms with Crippen molar-refractivity contribution in [3.8, 4) is 28.4 Å². The lowest BCUT2D eigenvalue weighted by Gasteiger charge is -2.22. The van der Waals surface area contributed by atoms with Gasteiger partial charge in [-0.25, -0.2) is 14.4 Å². The molecule has 0 amide bonds. The van der Waals surface area contributed by atoms with Gasteiger partial charge in [-0.1, -0.05) is 39.1 Å². The largest absolute Gasteiger partial charge is 0.494 e. The maximum Gasteiger partial charge on any atom is 0.343 e. The van der Waals surface area contributed by atoms with E-state index in [-0.39, 0.29) is 30.6 Å². The van der Waals surface area contributed by atoms with E-state index in [4.69, 9.17) is 23.7 Å². The minimum absolute atomic E-state index is 0.0570. The van der Waals surface area contributed by atoms with E-state index in [1.54, 1.807) is 30.3 Å². The van der Waals surface area contributed by atoms with Crippen LogP contribution in [0.1, 0.15) is 61.0 Å². The van der Waals surface area contributed by atoms with Crippen molar-refractivity contribution < 1.29 is 47.6 Å². The van der Waals surface area contributed by atoms with Crippen molar-refractivity contribution in [2.45, 2.75) is 44.9 Å². The van der Waals surface area contributed by atoms with Gasteiger partial charge in [0.25, 0.3) is 0 Å². The number of rotatable bonds is 17. The normalized spacial score (nSPS) is 12.1. The standard InChI is InChI=1S/C38H40O10/c1-6-34(39)46-21-9-20-44-27-12-10-26(11-13-27)37(42)48-29-15-17-31-30-16-14-28(23-32(30)38(3,4)33(31)24-29)45-18-7-8-19-47-36(41)25(2)22-35(40)43-5/h6,10-17,23-24H,1-2,7-9,18-22H2,3-5H3. The summed E-state index contributed by atoms with van der Waals surface area (Å²) >= 11 is 0. The molecule has 10 nitrogen and oxygen atoms in total. The van der Waals surface area contributed by atoms with Crippen molar-refractivity contribution in [3.05, 3.63) is 102 Å². The van der Waals surface area contributed by atoms with Crippen molar-refractivity contribution in [3.63, 3.8) is 0 Å². The lowest BCUT2D eigenvalue weighted by molar-refractivity contribution is -0.144. The van der Waals surface area contributed by atoms with Gasteiger partial charge in [-0.3, -0.25) is 4.79 Å². The number of carbonyl (C=O) groups is 4. The van der Waals surface area contributed by atoms with Crippen LogP contribution in [0.4, 0.5) is 0 Å². The number of fused-ring (bicyclic) bond motifs is 3. The van der Waals surface area contributed by atoms with Crippen LogP contribution in [0.2, 0.25) is 0 Å². The van der Waals surface area contributed by atoms with Crippen LogP contribution in [-0.4, -0.2) is 57.4 Å². The van der Waals surface area contributed by atoms with Gasteiger partial charge in [0.1, 0.15) is 17.2 Å². The molecule has 0 aliphatic heterocycles. The van der Waals surface area contributed by atoms with Gasteiger partial charge in [-0.2, -0.15) is 0 Å². The Hall–Kier alpha value is -5.38. The van der Waals surface area contributed by atoms with Crippen LogP contribution in [0.15, 0.2) is 85.5 Å². The Labute approximate surface area is 280 Å². The molecule has 4 rings (SSSR count). The number of hydrogen-bond donors (Lipinski definition) is 0.